The maximum absolute atomic E-state index is 4.97. The van der Waals surface area contributed by atoms with Crippen molar-refractivity contribution in [1.82, 2.24) is 29.7 Å². The van der Waals surface area contributed by atoms with Crippen LogP contribution < -0.4 is 5.32 Å². The van der Waals surface area contributed by atoms with E-state index in [0.29, 0.717) is 6.04 Å². The number of hydrogen-bond acceptors (Lipinski definition) is 5. The first-order chi connectivity index (χ1) is 14.7. The molecule has 0 saturated carbocycles. The molecule has 4 rings (SSSR count). The molecular formula is C24H34N6. The van der Waals surface area contributed by atoms with Crippen LogP contribution in [0.4, 0.5) is 0 Å². The number of rotatable bonds is 8. The fourth-order valence-electron chi connectivity index (χ4n) is 4.37. The highest BCUT2D eigenvalue weighted by molar-refractivity contribution is 5.49. The molecule has 6 heteroatoms. The zero-order valence-corrected chi connectivity index (χ0v) is 18.5. The molecule has 160 valence electrons. The third-order valence-electron chi connectivity index (χ3n) is 6.23. The van der Waals surface area contributed by atoms with Crippen LogP contribution in [0.25, 0.3) is 5.82 Å². The molecule has 1 N–H and O–H groups in total. The van der Waals surface area contributed by atoms with Gasteiger partial charge in [0.05, 0.1) is 17.4 Å². The van der Waals surface area contributed by atoms with Crippen molar-refractivity contribution in [2.75, 3.05) is 33.7 Å². The van der Waals surface area contributed by atoms with Crippen LogP contribution in [0.5, 0.6) is 0 Å². The molecule has 3 heterocycles. The quantitative estimate of drug-likeness (QED) is 0.729. The predicted octanol–water partition coefficient (Wildman–Crippen LogP) is 3.24. The summed E-state index contributed by atoms with van der Waals surface area (Å²) >= 11 is 0. The molecule has 2 aromatic rings. The molecule has 2 aromatic heterocycles. The monoisotopic (exact) mass is 406 g/mol. The standard InChI is InChI=1S/C24H34N6/c1-4-28(2)16-15-25-22-12-5-6-13-23-27-20(18-30(22)23)17-29(3)21-11-7-9-19-10-8-14-26-24(19)21/h5-6,8,10,12,14,18,21,25H,4,7,9,11,13,15-17H2,1-3H3/t21-/m0/s1. The van der Waals surface area contributed by atoms with Crippen LogP contribution in [0.15, 0.2) is 42.8 Å². The van der Waals surface area contributed by atoms with E-state index in [9.17, 15) is 0 Å². The van der Waals surface area contributed by atoms with E-state index in [-0.39, 0.29) is 0 Å². The Balaban J connectivity index is 1.46. The summed E-state index contributed by atoms with van der Waals surface area (Å²) in [5.74, 6) is 2.20. The fourth-order valence-corrected chi connectivity index (χ4v) is 4.37. The van der Waals surface area contributed by atoms with E-state index in [1.54, 1.807) is 0 Å². The van der Waals surface area contributed by atoms with Crippen LogP contribution in [-0.4, -0.2) is 58.1 Å². The Morgan fingerprint density at radius 1 is 1.30 bits per heavy atom. The van der Waals surface area contributed by atoms with Gasteiger partial charge in [-0.25, -0.2) is 4.98 Å². The van der Waals surface area contributed by atoms with Crippen LogP contribution >= 0.6 is 0 Å². The molecule has 0 spiro atoms. The normalized spacial score (nSPS) is 18.2. The molecule has 6 nitrogen and oxygen atoms in total. The Labute approximate surface area is 180 Å². The Morgan fingerprint density at radius 2 is 2.20 bits per heavy atom. The first-order valence-electron chi connectivity index (χ1n) is 11.2. The van der Waals surface area contributed by atoms with E-state index in [2.05, 4.69) is 77.3 Å². The summed E-state index contributed by atoms with van der Waals surface area (Å²) in [4.78, 5) is 14.4. The van der Waals surface area contributed by atoms with Gasteiger partial charge >= 0.3 is 0 Å². The van der Waals surface area contributed by atoms with Crippen LogP contribution in [-0.2, 0) is 19.4 Å². The van der Waals surface area contributed by atoms with Gasteiger partial charge < -0.3 is 10.2 Å². The average molecular weight is 407 g/mol. The molecule has 0 aromatic carbocycles. The van der Waals surface area contributed by atoms with Crippen molar-refractivity contribution < 1.29 is 0 Å². The van der Waals surface area contributed by atoms with Gasteiger partial charge in [-0.15, -0.1) is 0 Å². The fraction of sp³-hybridized carbons (Fsp3) is 0.500. The number of hydrogen-bond donors (Lipinski definition) is 1. The minimum Gasteiger partial charge on any atom is -0.370 e. The van der Waals surface area contributed by atoms with Crippen molar-refractivity contribution in [2.24, 2.45) is 0 Å². The van der Waals surface area contributed by atoms with Gasteiger partial charge in [0, 0.05) is 38.4 Å². The number of likely N-dealkylation sites (N-methyl/N-ethyl adjacent to an activating group) is 1. The van der Waals surface area contributed by atoms with Crippen molar-refractivity contribution >= 4 is 5.82 Å². The SMILES string of the molecule is CCN(C)CCNC1=CC=CCc2nc(CN(C)[C@H]3CCCc4cccnc43)cn21. The first-order valence-corrected chi connectivity index (χ1v) is 11.2. The minimum atomic E-state index is 0.370. The van der Waals surface area contributed by atoms with Gasteiger partial charge in [-0.3, -0.25) is 14.5 Å². The largest absolute Gasteiger partial charge is 0.370 e. The first kappa shape index (κ1) is 20.8. The number of aryl methyl sites for hydroxylation is 1. The highest BCUT2D eigenvalue weighted by Crippen LogP contribution is 2.32. The van der Waals surface area contributed by atoms with Crippen LogP contribution in [0, 0.1) is 0 Å². The van der Waals surface area contributed by atoms with Gasteiger partial charge in [0.15, 0.2) is 0 Å². The molecule has 0 amide bonds. The van der Waals surface area contributed by atoms with E-state index in [4.69, 9.17) is 9.97 Å². The molecular weight excluding hydrogens is 372 g/mol. The third-order valence-corrected chi connectivity index (χ3v) is 6.23. The second-order valence-corrected chi connectivity index (χ2v) is 8.40. The van der Waals surface area contributed by atoms with Crippen molar-refractivity contribution in [3.63, 3.8) is 0 Å². The van der Waals surface area contributed by atoms with Gasteiger partial charge in [0.25, 0.3) is 0 Å². The van der Waals surface area contributed by atoms with E-state index in [0.717, 1.165) is 62.8 Å². The van der Waals surface area contributed by atoms with E-state index in [1.807, 2.05) is 6.20 Å². The summed E-state index contributed by atoms with van der Waals surface area (Å²) in [6.07, 6.45) is 15.0. The van der Waals surface area contributed by atoms with Crippen molar-refractivity contribution in [3.8, 4) is 0 Å². The Kier molecular flexibility index (Phi) is 6.65. The summed E-state index contributed by atoms with van der Waals surface area (Å²) in [5, 5.41) is 3.59. The number of imidazole rings is 1. The lowest BCUT2D eigenvalue weighted by atomic mass is 9.91. The smallest absolute Gasteiger partial charge is 0.118 e. The predicted molar refractivity (Wildman–Crippen MR) is 122 cm³/mol. The molecule has 1 aliphatic carbocycles. The summed E-state index contributed by atoms with van der Waals surface area (Å²) < 4.78 is 2.22. The van der Waals surface area contributed by atoms with Crippen LogP contribution in [0.3, 0.4) is 0 Å². The molecule has 0 bridgehead atoms. The highest BCUT2D eigenvalue weighted by atomic mass is 15.2. The molecule has 0 radical (unpaired) electrons. The lowest BCUT2D eigenvalue weighted by Crippen LogP contribution is -2.29. The third kappa shape index (κ3) is 4.65. The van der Waals surface area contributed by atoms with Crippen LogP contribution in [0.1, 0.15) is 48.6 Å². The summed E-state index contributed by atoms with van der Waals surface area (Å²) in [6.45, 7) is 6.01. The molecule has 1 aliphatic heterocycles. The zero-order valence-electron chi connectivity index (χ0n) is 18.5. The molecule has 0 fully saturated rings. The van der Waals surface area contributed by atoms with Gasteiger partial charge in [-0.05, 0) is 57.6 Å². The Hall–Kier alpha value is -2.44. The molecule has 1 atom stereocenters. The Morgan fingerprint density at radius 3 is 3.07 bits per heavy atom. The van der Waals surface area contributed by atoms with Gasteiger partial charge in [-0.1, -0.05) is 25.1 Å². The van der Waals surface area contributed by atoms with E-state index in [1.165, 1.54) is 17.7 Å². The molecule has 0 unspecified atom stereocenters. The summed E-state index contributed by atoms with van der Waals surface area (Å²) in [5.41, 5.74) is 3.76. The maximum atomic E-state index is 4.97. The lowest BCUT2D eigenvalue weighted by molar-refractivity contribution is 0.206. The van der Waals surface area contributed by atoms with Crippen molar-refractivity contribution in [3.05, 3.63) is 65.5 Å². The number of fused-ring (bicyclic) bond motifs is 2. The number of allylic oxidation sites excluding steroid dienone is 3. The van der Waals surface area contributed by atoms with Crippen molar-refractivity contribution in [1.29, 1.82) is 0 Å². The molecule has 0 saturated heterocycles. The zero-order chi connectivity index (χ0) is 20.9. The summed E-state index contributed by atoms with van der Waals surface area (Å²) in [6, 6.07) is 4.65. The number of pyridine rings is 1. The van der Waals surface area contributed by atoms with Gasteiger partial charge in [-0.2, -0.15) is 0 Å². The number of nitrogens with one attached hydrogen (secondary N) is 1. The Bertz CT molecular complexity index is 912. The van der Waals surface area contributed by atoms with Crippen molar-refractivity contribution in [2.45, 2.75) is 45.2 Å². The number of nitrogens with zero attached hydrogens (tertiary/aromatic N) is 5. The van der Waals surface area contributed by atoms with Gasteiger partial charge in [0.2, 0.25) is 0 Å². The van der Waals surface area contributed by atoms with Gasteiger partial charge in [0.1, 0.15) is 11.6 Å². The van der Waals surface area contributed by atoms with E-state index >= 15 is 0 Å². The number of aromatic nitrogens is 3. The lowest BCUT2D eigenvalue weighted by Gasteiger charge is -2.31. The maximum Gasteiger partial charge on any atom is 0.118 e. The topological polar surface area (TPSA) is 49.2 Å². The highest BCUT2D eigenvalue weighted by Gasteiger charge is 2.25. The molecule has 2 aliphatic rings. The summed E-state index contributed by atoms with van der Waals surface area (Å²) in [7, 11) is 4.35. The second-order valence-electron chi connectivity index (χ2n) is 8.40. The minimum absolute atomic E-state index is 0.370. The average Bonchev–Trinajstić information content (AvgIpc) is 3.07. The van der Waals surface area contributed by atoms with Crippen LogP contribution in [0.2, 0.25) is 0 Å². The van der Waals surface area contributed by atoms with E-state index < -0.39 is 0 Å². The molecule has 30 heavy (non-hydrogen) atoms. The second kappa shape index (κ2) is 9.58.